The van der Waals surface area contributed by atoms with Crippen molar-refractivity contribution < 1.29 is 0 Å². The summed E-state index contributed by atoms with van der Waals surface area (Å²) in [6.07, 6.45) is 6.46. The summed E-state index contributed by atoms with van der Waals surface area (Å²) < 4.78 is 3.67. The zero-order valence-electron chi connectivity index (χ0n) is 11.9. The molecule has 0 aliphatic carbocycles. The summed E-state index contributed by atoms with van der Waals surface area (Å²) in [5.41, 5.74) is 9.19. The van der Waals surface area contributed by atoms with E-state index in [0.29, 0.717) is 0 Å². The van der Waals surface area contributed by atoms with Gasteiger partial charge in [0.25, 0.3) is 0 Å². The summed E-state index contributed by atoms with van der Waals surface area (Å²) in [7, 11) is 0. The third-order valence-electron chi connectivity index (χ3n) is 3.38. The Balaban J connectivity index is 1.87. The van der Waals surface area contributed by atoms with Crippen molar-refractivity contribution in [3.63, 3.8) is 0 Å². The van der Waals surface area contributed by atoms with E-state index in [9.17, 15) is 0 Å². The van der Waals surface area contributed by atoms with Gasteiger partial charge in [-0.1, -0.05) is 30.3 Å². The summed E-state index contributed by atoms with van der Waals surface area (Å²) in [5, 5.41) is 12.4. The minimum Gasteiger partial charge on any atom is -0.319 e. The van der Waals surface area contributed by atoms with E-state index in [0.717, 1.165) is 29.9 Å². The summed E-state index contributed by atoms with van der Waals surface area (Å²) >= 11 is 0. The maximum Gasteiger partial charge on any atom is 0.0800 e. The lowest BCUT2D eigenvalue weighted by Crippen LogP contribution is -2.17. The molecule has 1 aromatic carbocycles. The van der Waals surface area contributed by atoms with Crippen molar-refractivity contribution in [3.05, 3.63) is 60.2 Å². The van der Waals surface area contributed by atoms with Gasteiger partial charge >= 0.3 is 0 Å². The molecule has 6 nitrogen and oxygen atoms in total. The molecule has 0 fully saturated rings. The Morgan fingerprint density at radius 3 is 2.76 bits per heavy atom. The number of hydrogen-bond acceptors (Lipinski definition) is 4. The molecule has 3 aromatic rings. The van der Waals surface area contributed by atoms with E-state index in [1.807, 2.05) is 45.9 Å². The molecule has 21 heavy (non-hydrogen) atoms. The van der Waals surface area contributed by atoms with Crippen molar-refractivity contribution in [1.29, 1.82) is 0 Å². The van der Waals surface area contributed by atoms with E-state index in [-0.39, 0.29) is 6.04 Å². The van der Waals surface area contributed by atoms with Crippen molar-refractivity contribution in [1.82, 2.24) is 24.8 Å². The molecular formula is C15H18N6. The van der Waals surface area contributed by atoms with E-state index in [4.69, 9.17) is 5.73 Å². The van der Waals surface area contributed by atoms with E-state index < -0.39 is 0 Å². The molecule has 6 heteroatoms. The summed E-state index contributed by atoms with van der Waals surface area (Å²) in [4.78, 5) is 0. The van der Waals surface area contributed by atoms with E-state index in [1.165, 1.54) is 0 Å². The maximum atomic E-state index is 6.33. The molecular weight excluding hydrogens is 264 g/mol. The molecule has 2 heterocycles. The SMILES string of the molecule is CCCn1nncc1C(N)c1cnn(-c2ccccc2)c1. The van der Waals surface area contributed by atoms with Gasteiger partial charge in [-0.05, 0) is 18.6 Å². The van der Waals surface area contributed by atoms with Crippen molar-refractivity contribution in [3.8, 4) is 5.69 Å². The van der Waals surface area contributed by atoms with Crippen LogP contribution in [0.4, 0.5) is 0 Å². The highest BCUT2D eigenvalue weighted by Crippen LogP contribution is 2.19. The maximum absolute atomic E-state index is 6.33. The lowest BCUT2D eigenvalue weighted by Gasteiger charge is -2.10. The molecule has 0 aliphatic rings. The summed E-state index contributed by atoms with van der Waals surface area (Å²) in [6, 6.07) is 9.68. The van der Waals surface area contributed by atoms with Gasteiger partial charge in [0.15, 0.2) is 0 Å². The minimum absolute atomic E-state index is 0.274. The monoisotopic (exact) mass is 282 g/mol. The summed E-state index contributed by atoms with van der Waals surface area (Å²) in [5.74, 6) is 0. The second-order valence-corrected chi connectivity index (χ2v) is 4.91. The highest BCUT2D eigenvalue weighted by Gasteiger charge is 2.16. The third-order valence-corrected chi connectivity index (χ3v) is 3.38. The molecule has 0 spiro atoms. The molecule has 0 aliphatic heterocycles. The quantitative estimate of drug-likeness (QED) is 0.776. The van der Waals surface area contributed by atoms with Crippen LogP contribution in [0.2, 0.25) is 0 Å². The Kier molecular flexibility index (Phi) is 3.79. The number of aromatic nitrogens is 5. The molecule has 0 radical (unpaired) electrons. The second kappa shape index (κ2) is 5.88. The van der Waals surface area contributed by atoms with Crippen LogP contribution >= 0.6 is 0 Å². The first kappa shape index (κ1) is 13.5. The van der Waals surface area contributed by atoms with E-state index in [2.05, 4.69) is 22.3 Å². The molecule has 2 N–H and O–H groups in total. The Hall–Kier alpha value is -2.47. The van der Waals surface area contributed by atoms with Crippen LogP contribution in [0.5, 0.6) is 0 Å². The molecule has 108 valence electrons. The summed E-state index contributed by atoms with van der Waals surface area (Å²) in [6.45, 7) is 2.92. The van der Waals surface area contributed by atoms with Gasteiger partial charge in [0, 0.05) is 18.3 Å². The third kappa shape index (κ3) is 2.71. The smallest absolute Gasteiger partial charge is 0.0800 e. The fourth-order valence-corrected chi connectivity index (χ4v) is 2.28. The van der Waals surface area contributed by atoms with Gasteiger partial charge in [-0.25, -0.2) is 9.36 Å². The number of nitrogens with two attached hydrogens (primary N) is 1. The van der Waals surface area contributed by atoms with Gasteiger partial charge in [0.2, 0.25) is 0 Å². The molecule has 0 bridgehead atoms. The number of aryl methyl sites for hydroxylation is 1. The van der Waals surface area contributed by atoms with Crippen molar-refractivity contribution in [2.75, 3.05) is 0 Å². The van der Waals surface area contributed by atoms with Gasteiger partial charge in [-0.2, -0.15) is 5.10 Å². The fourth-order valence-electron chi connectivity index (χ4n) is 2.28. The first-order valence-corrected chi connectivity index (χ1v) is 7.03. The standard InChI is InChI=1S/C15H18N6/c1-2-8-20-14(10-17-19-20)15(16)12-9-18-21(11-12)13-6-4-3-5-7-13/h3-7,9-11,15H,2,8,16H2,1H3. The van der Waals surface area contributed by atoms with Gasteiger partial charge < -0.3 is 5.73 Å². The van der Waals surface area contributed by atoms with E-state index >= 15 is 0 Å². The first-order chi connectivity index (χ1) is 10.3. The van der Waals surface area contributed by atoms with Gasteiger partial charge in [-0.15, -0.1) is 5.10 Å². The Morgan fingerprint density at radius 1 is 1.19 bits per heavy atom. The zero-order valence-corrected chi connectivity index (χ0v) is 11.9. The van der Waals surface area contributed by atoms with Crippen molar-refractivity contribution in [2.24, 2.45) is 5.73 Å². The van der Waals surface area contributed by atoms with Crippen molar-refractivity contribution in [2.45, 2.75) is 25.9 Å². The number of hydrogen-bond donors (Lipinski definition) is 1. The molecule has 0 saturated heterocycles. The predicted molar refractivity (Wildman–Crippen MR) is 79.9 cm³/mol. The van der Waals surface area contributed by atoms with Crippen LogP contribution in [-0.2, 0) is 6.54 Å². The van der Waals surface area contributed by atoms with Crippen LogP contribution in [0.15, 0.2) is 48.9 Å². The van der Waals surface area contributed by atoms with Gasteiger partial charge in [0.1, 0.15) is 0 Å². The molecule has 1 unspecified atom stereocenters. The normalized spacial score (nSPS) is 12.5. The highest BCUT2D eigenvalue weighted by molar-refractivity contribution is 5.32. The number of nitrogens with zero attached hydrogens (tertiary/aromatic N) is 5. The number of rotatable bonds is 5. The lowest BCUT2D eigenvalue weighted by atomic mass is 10.1. The topological polar surface area (TPSA) is 74.6 Å². The van der Waals surface area contributed by atoms with Crippen LogP contribution in [0, 0.1) is 0 Å². The van der Waals surface area contributed by atoms with Crippen LogP contribution in [0.3, 0.4) is 0 Å². The van der Waals surface area contributed by atoms with Crippen LogP contribution in [0.1, 0.15) is 30.6 Å². The Bertz CT molecular complexity index is 700. The predicted octanol–water partition coefficient (Wildman–Crippen LogP) is 1.92. The Morgan fingerprint density at radius 2 is 2.00 bits per heavy atom. The Labute approximate surface area is 123 Å². The molecule has 3 rings (SSSR count). The molecule has 0 saturated carbocycles. The van der Waals surface area contributed by atoms with E-state index in [1.54, 1.807) is 12.4 Å². The first-order valence-electron chi connectivity index (χ1n) is 7.03. The van der Waals surface area contributed by atoms with Crippen LogP contribution in [-0.4, -0.2) is 24.8 Å². The zero-order chi connectivity index (χ0) is 14.7. The molecule has 1 atom stereocenters. The number of para-hydroxylation sites is 1. The van der Waals surface area contributed by atoms with Crippen LogP contribution < -0.4 is 5.73 Å². The van der Waals surface area contributed by atoms with Crippen molar-refractivity contribution >= 4 is 0 Å². The van der Waals surface area contributed by atoms with Crippen LogP contribution in [0.25, 0.3) is 5.69 Å². The minimum atomic E-state index is -0.274. The second-order valence-electron chi connectivity index (χ2n) is 4.91. The molecule has 2 aromatic heterocycles. The average molecular weight is 282 g/mol. The average Bonchev–Trinajstić information content (AvgIpc) is 3.17. The highest BCUT2D eigenvalue weighted by atomic mass is 15.4. The fraction of sp³-hybridized carbons (Fsp3) is 0.267. The number of benzene rings is 1. The van der Waals surface area contributed by atoms with Gasteiger partial charge in [0.05, 0.1) is 29.8 Å². The lowest BCUT2D eigenvalue weighted by molar-refractivity contribution is 0.543. The van der Waals surface area contributed by atoms with Gasteiger partial charge in [-0.3, -0.25) is 0 Å². The largest absolute Gasteiger partial charge is 0.319 e. The molecule has 0 amide bonds.